The van der Waals surface area contributed by atoms with E-state index in [0.29, 0.717) is 24.0 Å². The molecule has 2 rings (SSSR count). The molecule has 4 nitrogen and oxygen atoms in total. The van der Waals surface area contributed by atoms with E-state index >= 15 is 0 Å². The molecule has 6 heteroatoms. The molecular weight excluding hydrogens is 421 g/mol. The van der Waals surface area contributed by atoms with Crippen LogP contribution < -0.4 is 11.1 Å². The van der Waals surface area contributed by atoms with Crippen LogP contribution in [0.5, 0.6) is 0 Å². The monoisotopic (exact) mass is 443 g/mol. The van der Waals surface area contributed by atoms with Gasteiger partial charge in [0.05, 0.1) is 6.54 Å². The molecule has 23 heavy (non-hydrogen) atoms. The SMILES string of the molecule is Cc1ccc(NC(N)=NCCS(=O)Cc2ccccc2)cc1.I. The number of guanidine groups is 1. The predicted octanol–water partition coefficient (Wildman–Crippen LogP) is 3.29. The van der Waals surface area contributed by atoms with E-state index in [1.165, 1.54) is 5.56 Å². The zero-order valence-corrected chi connectivity index (χ0v) is 16.2. The summed E-state index contributed by atoms with van der Waals surface area (Å²) < 4.78 is 12.0. The third-order valence-electron chi connectivity index (χ3n) is 3.10. The molecule has 1 unspecified atom stereocenters. The van der Waals surface area contributed by atoms with E-state index in [0.717, 1.165) is 11.3 Å². The normalized spacial score (nSPS) is 12.3. The lowest BCUT2D eigenvalue weighted by Gasteiger charge is -2.06. The zero-order chi connectivity index (χ0) is 15.8. The molecule has 2 aromatic rings. The van der Waals surface area contributed by atoms with Crippen LogP contribution >= 0.6 is 24.0 Å². The van der Waals surface area contributed by atoms with Gasteiger partial charge in [0.1, 0.15) is 0 Å². The number of aryl methyl sites for hydroxylation is 1. The second-order valence-electron chi connectivity index (χ2n) is 5.03. The maximum absolute atomic E-state index is 12.0. The topological polar surface area (TPSA) is 67.5 Å². The molecule has 0 saturated carbocycles. The third kappa shape index (κ3) is 7.60. The number of hydrogen-bond acceptors (Lipinski definition) is 2. The number of aliphatic imine (C=N–C) groups is 1. The number of nitrogens with one attached hydrogen (secondary N) is 1. The Morgan fingerprint density at radius 2 is 1.78 bits per heavy atom. The summed E-state index contributed by atoms with van der Waals surface area (Å²) in [6.45, 7) is 2.48. The molecule has 3 N–H and O–H groups in total. The van der Waals surface area contributed by atoms with Crippen LogP contribution in [-0.4, -0.2) is 22.5 Å². The van der Waals surface area contributed by atoms with E-state index < -0.39 is 10.8 Å². The van der Waals surface area contributed by atoms with Gasteiger partial charge in [0.25, 0.3) is 0 Å². The number of hydrogen-bond donors (Lipinski definition) is 2. The van der Waals surface area contributed by atoms with Gasteiger partial charge in [-0.05, 0) is 24.6 Å². The van der Waals surface area contributed by atoms with Gasteiger partial charge in [-0.15, -0.1) is 24.0 Å². The van der Waals surface area contributed by atoms with E-state index in [1.807, 2.05) is 61.5 Å². The Hall–Kier alpha value is -1.41. The fraction of sp³-hybridized carbons (Fsp3) is 0.235. The van der Waals surface area contributed by atoms with Gasteiger partial charge in [0.2, 0.25) is 0 Å². The van der Waals surface area contributed by atoms with Gasteiger partial charge in [0, 0.05) is 28.0 Å². The van der Waals surface area contributed by atoms with Crippen LogP contribution in [0.4, 0.5) is 5.69 Å². The van der Waals surface area contributed by atoms with Gasteiger partial charge in [0.15, 0.2) is 5.96 Å². The van der Waals surface area contributed by atoms with Crippen molar-refractivity contribution in [2.45, 2.75) is 12.7 Å². The van der Waals surface area contributed by atoms with Gasteiger partial charge in [-0.3, -0.25) is 9.20 Å². The summed E-state index contributed by atoms with van der Waals surface area (Å²) in [5, 5.41) is 3.02. The van der Waals surface area contributed by atoms with Crippen LogP contribution in [0.1, 0.15) is 11.1 Å². The van der Waals surface area contributed by atoms with Gasteiger partial charge < -0.3 is 11.1 Å². The number of nitrogens with zero attached hydrogens (tertiary/aromatic N) is 1. The number of anilines is 1. The molecule has 124 valence electrons. The van der Waals surface area contributed by atoms with Crippen LogP contribution in [0.3, 0.4) is 0 Å². The van der Waals surface area contributed by atoms with E-state index in [-0.39, 0.29) is 24.0 Å². The maximum atomic E-state index is 12.0. The van der Waals surface area contributed by atoms with E-state index in [4.69, 9.17) is 5.73 Å². The lowest BCUT2D eigenvalue weighted by atomic mass is 10.2. The lowest BCUT2D eigenvalue weighted by Crippen LogP contribution is -2.23. The van der Waals surface area contributed by atoms with Crippen LogP contribution in [0.15, 0.2) is 59.6 Å². The zero-order valence-electron chi connectivity index (χ0n) is 13.1. The van der Waals surface area contributed by atoms with Crippen molar-refractivity contribution in [2.24, 2.45) is 10.7 Å². The Morgan fingerprint density at radius 1 is 1.13 bits per heavy atom. The number of rotatable bonds is 6. The van der Waals surface area contributed by atoms with Gasteiger partial charge >= 0.3 is 0 Å². The molecule has 0 aromatic heterocycles. The average Bonchev–Trinajstić information content (AvgIpc) is 2.50. The molecule has 0 aliphatic heterocycles. The number of benzene rings is 2. The summed E-state index contributed by atoms with van der Waals surface area (Å²) in [4.78, 5) is 4.21. The minimum atomic E-state index is -0.927. The van der Waals surface area contributed by atoms with E-state index in [9.17, 15) is 4.21 Å². The summed E-state index contributed by atoms with van der Waals surface area (Å²) in [6, 6.07) is 17.7. The molecule has 0 saturated heterocycles. The van der Waals surface area contributed by atoms with Gasteiger partial charge in [-0.2, -0.15) is 0 Å². The summed E-state index contributed by atoms with van der Waals surface area (Å²) in [5.41, 5.74) is 8.99. The first-order valence-electron chi connectivity index (χ1n) is 7.16. The fourth-order valence-electron chi connectivity index (χ4n) is 1.92. The lowest BCUT2D eigenvalue weighted by molar-refractivity contribution is 0.682. The summed E-state index contributed by atoms with van der Waals surface area (Å²) in [6.07, 6.45) is 0. The molecule has 0 aliphatic rings. The third-order valence-corrected chi connectivity index (χ3v) is 4.39. The highest BCUT2D eigenvalue weighted by Gasteiger charge is 2.01. The van der Waals surface area contributed by atoms with Crippen LogP contribution in [-0.2, 0) is 16.6 Å². The molecule has 0 spiro atoms. The maximum Gasteiger partial charge on any atom is 0.193 e. The second-order valence-corrected chi connectivity index (χ2v) is 6.61. The molecular formula is C17H22IN3OS. The van der Waals surface area contributed by atoms with Crippen LogP contribution in [0, 0.1) is 6.92 Å². The molecule has 1 atom stereocenters. The molecule has 0 amide bonds. The first-order chi connectivity index (χ1) is 10.6. The van der Waals surface area contributed by atoms with Crippen LogP contribution in [0.2, 0.25) is 0 Å². The quantitative estimate of drug-likeness (QED) is 0.409. The van der Waals surface area contributed by atoms with Crippen molar-refractivity contribution in [2.75, 3.05) is 17.6 Å². The summed E-state index contributed by atoms with van der Waals surface area (Å²) >= 11 is 0. The van der Waals surface area contributed by atoms with Crippen molar-refractivity contribution < 1.29 is 4.21 Å². The average molecular weight is 443 g/mol. The highest BCUT2D eigenvalue weighted by atomic mass is 127. The molecule has 0 bridgehead atoms. The number of nitrogens with two attached hydrogens (primary N) is 1. The predicted molar refractivity (Wildman–Crippen MR) is 110 cm³/mol. The summed E-state index contributed by atoms with van der Waals surface area (Å²) in [7, 11) is -0.927. The van der Waals surface area contributed by atoms with Gasteiger partial charge in [-0.25, -0.2) is 0 Å². The molecule has 2 aromatic carbocycles. The molecule has 0 aliphatic carbocycles. The van der Waals surface area contributed by atoms with Crippen molar-refractivity contribution in [1.82, 2.24) is 0 Å². The van der Waals surface area contributed by atoms with Crippen LogP contribution in [0.25, 0.3) is 0 Å². The van der Waals surface area contributed by atoms with Crippen molar-refractivity contribution in [1.29, 1.82) is 0 Å². The summed E-state index contributed by atoms with van der Waals surface area (Å²) in [5.74, 6) is 1.41. The van der Waals surface area contributed by atoms with Gasteiger partial charge in [-0.1, -0.05) is 48.0 Å². The van der Waals surface area contributed by atoms with Crippen molar-refractivity contribution >= 4 is 46.4 Å². The van der Waals surface area contributed by atoms with E-state index in [1.54, 1.807) is 0 Å². The Morgan fingerprint density at radius 3 is 2.43 bits per heavy atom. The standard InChI is InChI=1S/C17H21N3OS.HI/c1-14-7-9-16(10-8-14)20-17(18)19-11-12-22(21)13-15-5-3-2-4-6-15;/h2-10H,11-13H2,1H3,(H3,18,19,20);1H. The molecule has 0 radical (unpaired) electrons. The van der Waals surface area contributed by atoms with Crippen molar-refractivity contribution in [3.05, 3.63) is 65.7 Å². The minimum absolute atomic E-state index is 0. The molecule has 0 fully saturated rings. The smallest absolute Gasteiger partial charge is 0.193 e. The number of halogens is 1. The fourth-order valence-corrected chi connectivity index (χ4v) is 2.93. The highest BCUT2D eigenvalue weighted by molar-refractivity contribution is 14.0. The first kappa shape index (κ1) is 19.6. The Kier molecular flexibility index (Phi) is 8.86. The molecule has 0 heterocycles. The van der Waals surface area contributed by atoms with E-state index in [2.05, 4.69) is 10.3 Å². The Labute approximate surface area is 157 Å². The Bertz CT molecular complexity index is 645. The second kappa shape index (κ2) is 10.4. The van der Waals surface area contributed by atoms with Crippen molar-refractivity contribution in [3.8, 4) is 0 Å². The largest absolute Gasteiger partial charge is 0.370 e. The minimum Gasteiger partial charge on any atom is -0.370 e. The first-order valence-corrected chi connectivity index (χ1v) is 8.65. The Balaban J connectivity index is 0.00000264. The van der Waals surface area contributed by atoms with Crippen molar-refractivity contribution in [3.63, 3.8) is 0 Å². The highest BCUT2D eigenvalue weighted by Crippen LogP contribution is 2.08.